The van der Waals surface area contributed by atoms with Crippen LogP contribution in [0.2, 0.25) is 0 Å². The monoisotopic (exact) mass is 407 g/mol. The van der Waals surface area contributed by atoms with Gasteiger partial charge in [-0.05, 0) is 37.3 Å². The second-order valence-electron chi connectivity index (χ2n) is 4.78. The third-order valence-corrected chi connectivity index (χ3v) is 3.59. The number of nitrogens with one attached hydrogen (secondary N) is 1. The van der Waals surface area contributed by atoms with E-state index >= 15 is 0 Å². The fourth-order valence-corrected chi connectivity index (χ4v) is 2.19. The van der Waals surface area contributed by atoms with Gasteiger partial charge in [0, 0.05) is 21.7 Å². The number of nitrogens with zero attached hydrogens (tertiary/aromatic N) is 2. The maximum Gasteiger partial charge on any atom is 0.315 e. The highest BCUT2D eigenvalue weighted by Crippen LogP contribution is 2.36. The minimum Gasteiger partial charge on any atom is -0.500 e. The molecule has 0 spiro atoms. The van der Waals surface area contributed by atoms with Crippen LogP contribution in [0.4, 0.5) is 5.69 Å². The average molecular weight is 408 g/mol. The zero-order valence-electron chi connectivity index (χ0n) is 13.1. The number of ether oxygens (including phenoxy) is 1. The number of nitro benzene ring substituents is 1. The molecule has 0 aliphatic rings. The first kappa shape index (κ1) is 18.4. The molecule has 1 amide bonds. The van der Waals surface area contributed by atoms with Crippen LogP contribution in [0.25, 0.3) is 0 Å². The van der Waals surface area contributed by atoms with Gasteiger partial charge in [0.05, 0.1) is 17.7 Å². The molecule has 0 saturated heterocycles. The summed E-state index contributed by atoms with van der Waals surface area (Å²) in [6, 6.07) is 9.20. The van der Waals surface area contributed by atoms with Crippen LogP contribution in [-0.4, -0.2) is 28.8 Å². The summed E-state index contributed by atoms with van der Waals surface area (Å²) < 4.78 is 6.01. The molecule has 2 aromatic rings. The number of amides is 1. The van der Waals surface area contributed by atoms with Gasteiger partial charge in [-0.15, -0.1) is 0 Å². The fraction of sp³-hybridized carbons (Fsp3) is 0.125. The molecule has 2 N–H and O–H groups in total. The number of phenolic OH excluding ortho intramolecular Hbond substituents is 1. The van der Waals surface area contributed by atoms with E-state index in [1.807, 2.05) is 0 Å². The maximum atomic E-state index is 11.9. The van der Waals surface area contributed by atoms with E-state index < -0.39 is 22.3 Å². The molecule has 0 radical (unpaired) electrons. The van der Waals surface area contributed by atoms with Crippen molar-refractivity contribution in [1.82, 2.24) is 5.43 Å². The standard InChI is InChI=1S/C16H14BrN3O5/c1-2-25-14-8-10(7-13(15(14)21)20(23)24)9-18-19-16(22)11-3-5-12(17)6-4-11/h3-9,21H,2H2,1H3,(H,19,22)/b18-9-. The summed E-state index contributed by atoms with van der Waals surface area (Å²) in [4.78, 5) is 22.2. The number of hydrazone groups is 1. The molecular weight excluding hydrogens is 394 g/mol. The molecule has 25 heavy (non-hydrogen) atoms. The van der Waals surface area contributed by atoms with Crippen molar-refractivity contribution in [1.29, 1.82) is 0 Å². The van der Waals surface area contributed by atoms with Gasteiger partial charge in [-0.1, -0.05) is 15.9 Å². The number of nitro groups is 1. The second kappa shape index (κ2) is 8.25. The topological polar surface area (TPSA) is 114 Å². The minimum absolute atomic E-state index is 0.0302. The quantitative estimate of drug-likeness (QED) is 0.433. The number of aromatic hydroxyl groups is 1. The predicted octanol–water partition coefficient (Wildman–Crippen LogP) is 3.23. The van der Waals surface area contributed by atoms with Crippen molar-refractivity contribution in [3.8, 4) is 11.5 Å². The predicted molar refractivity (Wildman–Crippen MR) is 95.1 cm³/mol. The number of phenols is 1. The lowest BCUT2D eigenvalue weighted by Gasteiger charge is -2.07. The molecule has 2 aromatic carbocycles. The summed E-state index contributed by atoms with van der Waals surface area (Å²) in [5.74, 6) is -1.01. The molecular formula is C16H14BrN3O5. The summed E-state index contributed by atoms with van der Waals surface area (Å²) in [7, 11) is 0. The largest absolute Gasteiger partial charge is 0.500 e. The molecule has 0 heterocycles. The molecule has 130 valence electrons. The lowest BCUT2D eigenvalue weighted by Crippen LogP contribution is -2.17. The van der Waals surface area contributed by atoms with Gasteiger partial charge < -0.3 is 9.84 Å². The Hall–Kier alpha value is -2.94. The van der Waals surface area contributed by atoms with E-state index in [0.29, 0.717) is 11.1 Å². The van der Waals surface area contributed by atoms with Crippen LogP contribution < -0.4 is 10.2 Å². The van der Waals surface area contributed by atoms with Crippen LogP contribution in [-0.2, 0) is 0 Å². The van der Waals surface area contributed by atoms with E-state index in [-0.39, 0.29) is 12.4 Å². The molecule has 0 aliphatic heterocycles. The number of carbonyl (C=O) groups is 1. The van der Waals surface area contributed by atoms with Gasteiger partial charge >= 0.3 is 5.69 Å². The number of carbonyl (C=O) groups excluding carboxylic acids is 1. The third kappa shape index (κ3) is 4.77. The summed E-state index contributed by atoms with van der Waals surface area (Å²) in [5.41, 5.74) is 2.52. The highest BCUT2D eigenvalue weighted by molar-refractivity contribution is 9.10. The first-order valence-electron chi connectivity index (χ1n) is 7.15. The Kier molecular flexibility index (Phi) is 6.07. The van der Waals surface area contributed by atoms with Gasteiger partial charge in [-0.2, -0.15) is 5.10 Å². The van der Waals surface area contributed by atoms with Crippen LogP contribution in [0.5, 0.6) is 11.5 Å². The summed E-state index contributed by atoms with van der Waals surface area (Å²) >= 11 is 3.27. The van der Waals surface area contributed by atoms with Crippen molar-refractivity contribution in [2.45, 2.75) is 6.92 Å². The normalized spacial score (nSPS) is 10.6. The average Bonchev–Trinajstić information content (AvgIpc) is 2.58. The number of benzene rings is 2. The third-order valence-electron chi connectivity index (χ3n) is 3.06. The highest BCUT2D eigenvalue weighted by Gasteiger charge is 2.19. The smallest absolute Gasteiger partial charge is 0.315 e. The fourth-order valence-electron chi connectivity index (χ4n) is 1.92. The van der Waals surface area contributed by atoms with Crippen molar-refractivity contribution >= 4 is 33.7 Å². The van der Waals surface area contributed by atoms with Crippen LogP contribution in [0.3, 0.4) is 0 Å². The molecule has 0 aromatic heterocycles. The van der Waals surface area contributed by atoms with Gasteiger partial charge in [0.25, 0.3) is 5.91 Å². The number of hydrogen-bond donors (Lipinski definition) is 2. The summed E-state index contributed by atoms with van der Waals surface area (Å²) in [6.07, 6.45) is 1.23. The Balaban J connectivity index is 2.18. The van der Waals surface area contributed by atoms with Crippen molar-refractivity contribution in [2.24, 2.45) is 5.10 Å². The molecule has 8 nitrogen and oxygen atoms in total. The van der Waals surface area contributed by atoms with Gasteiger partial charge in [0.1, 0.15) is 0 Å². The van der Waals surface area contributed by atoms with E-state index in [2.05, 4.69) is 26.5 Å². The van der Waals surface area contributed by atoms with Gasteiger partial charge in [0.2, 0.25) is 5.75 Å². The summed E-state index contributed by atoms with van der Waals surface area (Å²) in [5, 5.41) is 24.6. The Morgan fingerprint density at radius 2 is 2.08 bits per heavy atom. The first-order valence-corrected chi connectivity index (χ1v) is 7.94. The van der Waals surface area contributed by atoms with E-state index in [0.717, 1.165) is 10.5 Å². The van der Waals surface area contributed by atoms with Crippen LogP contribution >= 0.6 is 15.9 Å². The van der Waals surface area contributed by atoms with Crippen molar-refractivity contribution in [3.63, 3.8) is 0 Å². The summed E-state index contributed by atoms with van der Waals surface area (Å²) in [6.45, 7) is 1.91. The van der Waals surface area contributed by atoms with E-state index in [4.69, 9.17) is 4.74 Å². The first-order chi connectivity index (χ1) is 11.9. The van der Waals surface area contributed by atoms with Crippen LogP contribution in [0.15, 0.2) is 46.0 Å². The molecule has 0 atom stereocenters. The molecule has 0 saturated carbocycles. The van der Waals surface area contributed by atoms with E-state index in [1.54, 1.807) is 31.2 Å². The minimum atomic E-state index is -0.727. The Morgan fingerprint density at radius 3 is 2.68 bits per heavy atom. The second-order valence-corrected chi connectivity index (χ2v) is 5.70. The number of rotatable bonds is 6. The highest BCUT2D eigenvalue weighted by atomic mass is 79.9. The zero-order chi connectivity index (χ0) is 18.4. The molecule has 9 heteroatoms. The Labute approximate surface area is 151 Å². The Morgan fingerprint density at radius 1 is 1.40 bits per heavy atom. The Bertz CT molecular complexity index is 821. The van der Waals surface area contributed by atoms with Gasteiger partial charge in [-0.25, -0.2) is 5.43 Å². The molecule has 2 rings (SSSR count). The molecule has 0 bridgehead atoms. The van der Waals surface area contributed by atoms with Crippen molar-refractivity contribution in [3.05, 3.63) is 62.1 Å². The molecule has 0 fully saturated rings. The van der Waals surface area contributed by atoms with Crippen molar-refractivity contribution in [2.75, 3.05) is 6.61 Å². The number of hydrogen-bond acceptors (Lipinski definition) is 6. The van der Waals surface area contributed by atoms with Crippen LogP contribution in [0.1, 0.15) is 22.8 Å². The van der Waals surface area contributed by atoms with Crippen LogP contribution in [0, 0.1) is 10.1 Å². The zero-order valence-corrected chi connectivity index (χ0v) is 14.7. The molecule has 0 aliphatic carbocycles. The maximum absolute atomic E-state index is 11.9. The lowest BCUT2D eigenvalue weighted by atomic mass is 10.2. The van der Waals surface area contributed by atoms with E-state index in [9.17, 15) is 20.0 Å². The SMILES string of the molecule is CCOc1cc(/C=N\NC(=O)c2ccc(Br)cc2)cc([N+](=O)[O-])c1O. The van der Waals surface area contributed by atoms with Gasteiger partial charge in [-0.3, -0.25) is 14.9 Å². The lowest BCUT2D eigenvalue weighted by molar-refractivity contribution is -0.386. The number of halogens is 1. The van der Waals surface area contributed by atoms with Crippen molar-refractivity contribution < 1.29 is 19.6 Å². The van der Waals surface area contributed by atoms with Gasteiger partial charge in [0.15, 0.2) is 5.75 Å². The molecule has 0 unspecified atom stereocenters. The van der Waals surface area contributed by atoms with E-state index in [1.165, 1.54) is 12.3 Å².